The fourth-order valence-corrected chi connectivity index (χ4v) is 3.32. The molecule has 0 aliphatic heterocycles. The second kappa shape index (κ2) is 8.94. The van der Waals surface area contributed by atoms with Crippen LogP contribution in [-0.2, 0) is 4.74 Å². The van der Waals surface area contributed by atoms with Gasteiger partial charge in [0.25, 0.3) is 5.91 Å². The highest BCUT2D eigenvalue weighted by Gasteiger charge is 2.18. The molecule has 0 aliphatic rings. The Morgan fingerprint density at radius 2 is 1.75 bits per heavy atom. The molecule has 1 aromatic heterocycles. The normalized spacial score (nSPS) is 10.4. The van der Waals surface area contributed by atoms with E-state index < -0.39 is 6.16 Å². The Bertz CT molecular complexity index is 974. The van der Waals surface area contributed by atoms with Crippen molar-refractivity contribution in [2.45, 2.75) is 6.92 Å². The third-order valence-electron chi connectivity index (χ3n) is 3.66. The summed E-state index contributed by atoms with van der Waals surface area (Å²) in [5.74, 6) is 0.0484. The third-order valence-corrected chi connectivity index (χ3v) is 5.24. The van der Waals surface area contributed by atoms with Crippen molar-refractivity contribution >= 4 is 44.5 Å². The number of halogens is 1. The van der Waals surface area contributed by atoms with E-state index in [-0.39, 0.29) is 12.5 Å². The first kappa shape index (κ1) is 20.0. The lowest BCUT2D eigenvalue weighted by atomic mass is 10.2. The minimum atomic E-state index is -0.784. The molecular formula is C19H16BrN3O4S. The number of carbonyl (C=O) groups is 2. The molecule has 3 aromatic rings. The van der Waals surface area contributed by atoms with Crippen LogP contribution in [0.2, 0.25) is 0 Å². The predicted molar refractivity (Wildman–Crippen MR) is 110 cm³/mol. The van der Waals surface area contributed by atoms with Gasteiger partial charge in [-0.05, 0) is 43.3 Å². The Hall–Kier alpha value is -2.78. The summed E-state index contributed by atoms with van der Waals surface area (Å²) in [6, 6.07) is 13.9. The van der Waals surface area contributed by atoms with Gasteiger partial charge in [-0.3, -0.25) is 9.69 Å². The smallest absolute Gasteiger partial charge is 0.434 e. The number of amides is 1. The molecule has 0 unspecified atom stereocenters. The lowest BCUT2D eigenvalue weighted by Gasteiger charge is -2.13. The molecule has 1 amide bonds. The van der Waals surface area contributed by atoms with Crippen LogP contribution in [0.4, 0.5) is 9.93 Å². The molecule has 0 radical (unpaired) electrons. The highest BCUT2D eigenvalue weighted by atomic mass is 79.9. The van der Waals surface area contributed by atoms with Gasteiger partial charge in [-0.2, -0.15) is 0 Å². The van der Waals surface area contributed by atoms with E-state index in [9.17, 15) is 9.59 Å². The number of aromatic nitrogens is 2. The number of ether oxygens (including phenoxy) is 2. The van der Waals surface area contributed by atoms with Crippen molar-refractivity contribution in [3.05, 3.63) is 58.6 Å². The highest BCUT2D eigenvalue weighted by Crippen LogP contribution is 2.29. The Balaban J connectivity index is 1.70. The third kappa shape index (κ3) is 4.73. The van der Waals surface area contributed by atoms with Crippen molar-refractivity contribution in [3.8, 4) is 16.3 Å². The molecule has 0 aliphatic carbocycles. The maximum atomic E-state index is 12.7. The number of nitrogens with zero attached hydrogens (tertiary/aromatic N) is 3. The van der Waals surface area contributed by atoms with E-state index in [1.54, 1.807) is 26.1 Å². The molecule has 0 fully saturated rings. The van der Waals surface area contributed by atoms with Gasteiger partial charge in [-0.1, -0.05) is 39.4 Å². The number of hydrogen-bond acceptors (Lipinski definition) is 7. The summed E-state index contributed by atoms with van der Waals surface area (Å²) in [5, 5.41) is 9.48. The lowest BCUT2D eigenvalue weighted by Crippen LogP contribution is -2.26. The number of rotatable bonds is 5. The standard InChI is InChI=1S/C19H16BrN3O4S/c1-3-26-19(25)27-15-10-6-13(7-11-15)17(24)23(2)18-22-21-16(28-18)12-4-8-14(20)9-5-12/h4-11H,3H2,1-2H3. The topological polar surface area (TPSA) is 81.6 Å². The Morgan fingerprint density at radius 3 is 2.39 bits per heavy atom. The van der Waals surface area contributed by atoms with E-state index in [2.05, 4.69) is 26.1 Å². The average molecular weight is 462 g/mol. The molecule has 1 heterocycles. The van der Waals surface area contributed by atoms with Crippen LogP contribution in [0.5, 0.6) is 5.75 Å². The lowest BCUT2D eigenvalue weighted by molar-refractivity contribution is 0.0992. The first-order valence-electron chi connectivity index (χ1n) is 8.30. The molecule has 3 rings (SSSR count). The maximum absolute atomic E-state index is 12.7. The molecular weight excluding hydrogens is 446 g/mol. The van der Waals surface area contributed by atoms with E-state index in [4.69, 9.17) is 9.47 Å². The molecule has 0 spiro atoms. The summed E-state index contributed by atoms with van der Waals surface area (Å²) in [4.78, 5) is 25.5. The van der Waals surface area contributed by atoms with Gasteiger partial charge in [0.15, 0.2) is 0 Å². The molecule has 0 saturated carbocycles. The molecule has 9 heteroatoms. The molecule has 28 heavy (non-hydrogen) atoms. The fraction of sp³-hybridized carbons (Fsp3) is 0.158. The molecule has 0 saturated heterocycles. The van der Waals surface area contributed by atoms with Crippen molar-refractivity contribution in [2.24, 2.45) is 0 Å². The molecule has 0 N–H and O–H groups in total. The SMILES string of the molecule is CCOC(=O)Oc1ccc(C(=O)N(C)c2nnc(-c3ccc(Br)cc3)s2)cc1. The maximum Gasteiger partial charge on any atom is 0.513 e. The van der Waals surface area contributed by atoms with Crippen LogP contribution >= 0.6 is 27.3 Å². The largest absolute Gasteiger partial charge is 0.513 e. The van der Waals surface area contributed by atoms with Crippen molar-refractivity contribution < 1.29 is 19.1 Å². The van der Waals surface area contributed by atoms with Gasteiger partial charge in [0.05, 0.1) is 6.61 Å². The first-order valence-corrected chi connectivity index (χ1v) is 9.91. The summed E-state index contributed by atoms with van der Waals surface area (Å²) >= 11 is 4.72. The number of benzene rings is 2. The number of carbonyl (C=O) groups excluding carboxylic acids is 2. The Morgan fingerprint density at radius 1 is 1.07 bits per heavy atom. The summed E-state index contributed by atoms with van der Waals surface area (Å²) in [7, 11) is 1.64. The van der Waals surface area contributed by atoms with Crippen molar-refractivity contribution in [3.63, 3.8) is 0 Å². The van der Waals surface area contributed by atoms with Crippen molar-refractivity contribution in [1.82, 2.24) is 10.2 Å². The van der Waals surface area contributed by atoms with E-state index in [0.717, 1.165) is 15.0 Å². The van der Waals surface area contributed by atoms with Crippen LogP contribution in [0, 0.1) is 0 Å². The first-order chi connectivity index (χ1) is 13.5. The average Bonchev–Trinajstić information content (AvgIpc) is 3.18. The zero-order chi connectivity index (χ0) is 20.1. The van der Waals surface area contributed by atoms with Gasteiger partial charge >= 0.3 is 6.16 Å². The van der Waals surface area contributed by atoms with E-state index in [1.165, 1.54) is 28.4 Å². The summed E-state index contributed by atoms with van der Waals surface area (Å²) in [6.07, 6.45) is -0.784. The second-order valence-electron chi connectivity index (χ2n) is 5.57. The summed E-state index contributed by atoms with van der Waals surface area (Å²) in [6.45, 7) is 1.92. The summed E-state index contributed by atoms with van der Waals surface area (Å²) < 4.78 is 10.7. The van der Waals surface area contributed by atoms with Crippen LogP contribution in [0.3, 0.4) is 0 Å². The van der Waals surface area contributed by atoms with E-state index in [1.807, 2.05) is 24.3 Å². The zero-order valence-corrected chi connectivity index (χ0v) is 17.5. The van der Waals surface area contributed by atoms with Gasteiger partial charge in [0, 0.05) is 22.6 Å². The molecule has 0 atom stereocenters. The zero-order valence-electron chi connectivity index (χ0n) is 15.1. The Kier molecular flexibility index (Phi) is 6.37. The van der Waals surface area contributed by atoms with Crippen LogP contribution in [0.25, 0.3) is 10.6 Å². The van der Waals surface area contributed by atoms with Crippen molar-refractivity contribution in [2.75, 3.05) is 18.6 Å². The molecule has 144 valence electrons. The monoisotopic (exact) mass is 461 g/mol. The Labute approximate surface area is 174 Å². The quantitative estimate of drug-likeness (QED) is 0.401. The van der Waals surface area contributed by atoms with Gasteiger partial charge in [-0.15, -0.1) is 10.2 Å². The minimum absolute atomic E-state index is 0.226. The van der Waals surface area contributed by atoms with Crippen LogP contribution < -0.4 is 9.64 Å². The number of anilines is 1. The molecule has 0 bridgehead atoms. The highest BCUT2D eigenvalue weighted by molar-refractivity contribution is 9.10. The minimum Gasteiger partial charge on any atom is -0.434 e. The van der Waals surface area contributed by atoms with E-state index >= 15 is 0 Å². The molecule has 2 aromatic carbocycles. The van der Waals surface area contributed by atoms with Gasteiger partial charge in [0.2, 0.25) is 5.13 Å². The van der Waals surface area contributed by atoms with Gasteiger partial charge in [0.1, 0.15) is 10.8 Å². The second-order valence-corrected chi connectivity index (χ2v) is 7.44. The summed E-state index contributed by atoms with van der Waals surface area (Å²) in [5.41, 5.74) is 1.35. The van der Waals surface area contributed by atoms with Gasteiger partial charge < -0.3 is 9.47 Å². The number of hydrogen-bond donors (Lipinski definition) is 0. The fourth-order valence-electron chi connectivity index (χ4n) is 2.25. The van der Waals surface area contributed by atoms with Crippen molar-refractivity contribution in [1.29, 1.82) is 0 Å². The van der Waals surface area contributed by atoms with Crippen LogP contribution in [0.15, 0.2) is 53.0 Å². The molecule has 7 nitrogen and oxygen atoms in total. The van der Waals surface area contributed by atoms with Crippen LogP contribution in [0.1, 0.15) is 17.3 Å². The van der Waals surface area contributed by atoms with Gasteiger partial charge in [-0.25, -0.2) is 4.79 Å². The predicted octanol–water partition coefficient (Wildman–Crippen LogP) is 4.78. The van der Waals surface area contributed by atoms with E-state index in [0.29, 0.717) is 16.4 Å². The van der Waals surface area contributed by atoms with Crippen LogP contribution in [-0.4, -0.2) is 35.9 Å².